The van der Waals surface area contributed by atoms with Crippen LogP contribution in [0.4, 0.5) is 10.3 Å². The largest absolute Gasteiger partial charge is 0.296 e. The first-order valence-electron chi connectivity index (χ1n) is 13.0. The molecule has 0 unspecified atom stereocenters. The van der Waals surface area contributed by atoms with Crippen LogP contribution < -0.4 is 10.6 Å². The first-order valence-corrected chi connectivity index (χ1v) is 14.7. The van der Waals surface area contributed by atoms with Gasteiger partial charge in [0.05, 0.1) is 11.4 Å². The Morgan fingerprint density at radius 2 is 1.00 bits per heavy atom. The highest BCUT2D eigenvalue weighted by molar-refractivity contribution is 7.14. The van der Waals surface area contributed by atoms with Gasteiger partial charge in [-0.25, -0.2) is 15.0 Å². The smallest absolute Gasteiger partial charge is 0.276 e. The van der Waals surface area contributed by atoms with Gasteiger partial charge >= 0.3 is 0 Å². The number of nitrogens with zero attached hydrogens (tertiary/aromatic N) is 3. The predicted octanol–water partition coefficient (Wildman–Crippen LogP) is 8.08. The molecular formula is C31H29N5O2S2. The summed E-state index contributed by atoms with van der Waals surface area (Å²) in [5.74, 6) is 0.0340. The number of carbonyl (C=O) groups is 2. The summed E-state index contributed by atoms with van der Waals surface area (Å²) in [5.41, 5.74) is 6.30. The van der Waals surface area contributed by atoms with Crippen LogP contribution in [0.2, 0.25) is 0 Å². The molecule has 3 heterocycles. The Morgan fingerprint density at radius 3 is 1.38 bits per heavy atom. The van der Waals surface area contributed by atoms with Crippen molar-refractivity contribution in [3.8, 4) is 22.5 Å². The summed E-state index contributed by atoms with van der Waals surface area (Å²) in [7, 11) is 0. The SMILES string of the molecule is CC(C)c1ccc(-c2csc(NC(=O)c3cccc(C(=O)Nc4nc(-c5ccc(C(C)C)cc5)cs4)n3)n2)cc1. The number of aromatic nitrogens is 3. The number of carbonyl (C=O) groups excluding carboxylic acids is 2. The van der Waals surface area contributed by atoms with Crippen molar-refractivity contribution in [1.82, 2.24) is 15.0 Å². The van der Waals surface area contributed by atoms with Crippen LogP contribution in [-0.2, 0) is 0 Å². The highest BCUT2D eigenvalue weighted by Gasteiger charge is 2.16. The number of anilines is 2. The normalized spacial score (nSPS) is 11.2. The van der Waals surface area contributed by atoms with Crippen LogP contribution in [0.15, 0.2) is 77.5 Å². The molecule has 5 aromatic rings. The van der Waals surface area contributed by atoms with Crippen molar-refractivity contribution >= 4 is 44.8 Å². The summed E-state index contributed by atoms with van der Waals surface area (Å²) in [6, 6.07) is 21.3. The molecule has 0 radical (unpaired) electrons. The molecule has 3 aromatic heterocycles. The van der Waals surface area contributed by atoms with Gasteiger partial charge in [0.2, 0.25) is 0 Å². The summed E-state index contributed by atoms with van der Waals surface area (Å²) in [6.07, 6.45) is 0. The fourth-order valence-corrected chi connectivity index (χ4v) is 5.44. The average Bonchev–Trinajstić information content (AvgIpc) is 3.63. The second kappa shape index (κ2) is 11.9. The summed E-state index contributed by atoms with van der Waals surface area (Å²) >= 11 is 2.67. The van der Waals surface area contributed by atoms with Gasteiger partial charge < -0.3 is 0 Å². The van der Waals surface area contributed by atoms with Crippen molar-refractivity contribution in [2.75, 3.05) is 10.6 Å². The second-order valence-electron chi connectivity index (χ2n) is 9.95. The van der Waals surface area contributed by atoms with Crippen molar-refractivity contribution in [2.45, 2.75) is 39.5 Å². The number of hydrogen-bond acceptors (Lipinski definition) is 7. The van der Waals surface area contributed by atoms with Gasteiger partial charge in [-0.05, 0) is 35.1 Å². The predicted molar refractivity (Wildman–Crippen MR) is 163 cm³/mol. The summed E-state index contributed by atoms with van der Waals surface area (Å²) in [5, 5.41) is 10.3. The van der Waals surface area contributed by atoms with Crippen LogP contribution >= 0.6 is 22.7 Å². The molecule has 9 heteroatoms. The lowest BCUT2D eigenvalue weighted by molar-refractivity contribution is 0.101. The maximum atomic E-state index is 12.9. The van der Waals surface area contributed by atoms with E-state index in [1.165, 1.54) is 33.8 Å². The summed E-state index contributed by atoms with van der Waals surface area (Å²) in [4.78, 5) is 39.2. The molecular weight excluding hydrogens is 539 g/mol. The molecule has 0 saturated heterocycles. The number of amides is 2. The van der Waals surface area contributed by atoms with Crippen LogP contribution in [0, 0.1) is 0 Å². The van der Waals surface area contributed by atoms with Gasteiger partial charge in [-0.2, -0.15) is 0 Å². The summed E-state index contributed by atoms with van der Waals surface area (Å²) < 4.78 is 0. The van der Waals surface area contributed by atoms with Crippen LogP contribution in [0.1, 0.15) is 71.6 Å². The Morgan fingerprint density at radius 1 is 0.600 bits per heavy atom. The van der Waals surface area contributed by atoms with Crippen molar-refractivity contribution in [3.63, 3.8) is 0 Å². The minimum atomic E-state index is -0.438. The van der Waals surface area contributed by atoms with E-state index in [1.54, 1.807) is 18.2 Å². The van der Waals surface area contributed by atoms with Gasteiger partial charge in [-0.15, -0.1) is 22.7 Å². The molecule has 7 nitrogen and oxygen atoms in total. The molecule has 5 rings (SSSR count). The lowest BCUT2D eigenvalue weighted by Gasteiger charge is -2.06. The van der Waals surface area contributed by atoms with Crippen molar-refractivity contribution in [3.05, 3.63) is 100 Å². The highest BCUT2D eigenvalue weighted by Crippen LogP contribution is 2.28. The zero-order valence-corrected chi connectivity index (χ0v) is 24.3. The Labute approximate surface area is 241 Å². The molecule has 0 aliphatic rings. The molecule has 0 aliphatic heterocycles. The zero-order valence-electron chi connectivity index (χ0n) is 22.6. The molecule has 2 aromatic carbocycles. The number of rotatable bonds is 8. The lowest BCUT2D eigenvalue weighted by Crippen LogP contribution is -2.18. The number of nitrogens with one attached hydrogen (secondary N) is 2. The number of pyridine rings is 1. The van der Waals surface area contributed by atoms with E-state index in [0.29, 0.717) is 22.1 Å². The standard InChI is InChI=1S/C31H29N5O2S2/c1-18(2)20-8-12-22(13-9-20)26-16-39-30(33-26)35-28(37)24-6-5-7-25(32-24)29(38)36-31-34-27(17-40-31)23-14-10-21(11-15-23)19(3)4/h5-19H,1-4H3,(H,33,35,37)(H,34,36,38). The Bertz CT molecular complexity index is 1520. The third-order valence-corrected chi connectivity index (χ3v) is 7.93. The molecule has 0 aliphatic carbocycles. The van der Waals surface area contributed by atoms with E-state index in [0.717, 1.165) is 22.5 Å². The van der Waals surface area contributed by atoms with Crippen molar-refractivity contribution in [1.29, 1.82) is 0 Å². The minimum Gasteiger partial charge on any atom is -0.296 e. The van der Waals surface area contributed by atoms with Gasteiger partial charge in [0.25, 0.3) is 11.8 Å². The fraction of sp³-hybridized carbons (Fsp3) is 0.194. The van der Waals surface area contributed by atoms with E-state index in [4.69, 9.17) is 0 Å². The van der Waals surface area contributed by atoms with E-state index in [-0.39, 0.29) is 11.4 Å². The number of thiazole rings is 2. The molecule has 0 atom stereocenters. The van der Waals surface area contributed by atoms with Crippen LogP contribution in [-0.4, -0.2) is 26.8 Å². The first-order chi connectivity index (χ1) is 19.3. The van der Waals surface area contributed by atoms with E-state index < -0.39 is 11.8 Å². The van der Waals surface area contributed by atoms with E-state index in [9.17, 15) is 9.59 Å². The van der Waals surface area contributed by atoms with Crippen LogP contribution in [0.3, 0.4) is 0 Å². The van der Waals surface area contributed by atoms with Gasteiger partial charge in [0.1, 0.15) is 11.4 Å². The number of hydrogen-bond donors (Lipinski definition) is 2. The van der Waals surface area contributed by atoms with E-state index in [1.807, 2.05) is 35.0 Å². The van der Waals surface area contributed by atoms with Crippen LogP contribution in [0.5, 0.6) is 0 Å². The second-order valence-corrected chi connectivity index (χ2v) is 11.7. The Balaban J connectivity index is 1.23. The highest BCUT2D eigenvalue weighted by atomic mass is 32.1. The molecule has 2 N–H and O–H groups in total. The monoisotopic (exact) mass is 567 g/mol. The third-order valence-electron chi connectivity index (χ3n) is 6.41. The molecule has 2 amide bonds. The van der Waals surface area contributed by atoms with Gasteiger partial charge in [0, 0.05) is 21.9 Å². The maximum Gasteiger partial charge on any atom is 0.276 e. The molecule has 0 saturated carbocycles. The minimum absolute atomic E-state index is 0.121. The average molecular weight is 568 g/mol. The molecule has 0 spiro atoms. The quantitative estimate of drug-likeness (QED) is 0.198. The molecule has 0 bridgehead atoms. The molecule has 202 valence electrons. The van der Waals surface area contributed by atoms with Crippen molar-refractivity contribution in [2.24, 2.45) is 0 Å². The van der Waals surface area contributed by atoms with Crippen LogP contribution in [0.25, 0.3) is 22.5 Å². The third kappa shape index (κ3) is 6.32. The fourth-order valence-electron chi connectivity index (χ4n) is 4.01. The number of benzene rings is 2. The van der Waals surface area contributed by atoms with Gasteiger partial charge in [-0.3, -0.25) is 20.2 Å². The van der Waals surface area contributed by atoms with E-state index in [2.05, 4.69) is 77.5 Å². The van der Waals surface area contributed by atoms with Gasteiger partial charge in [0.15, 0.2) is 10.3 Å². The first kappa shape index (κ1) is 27.4. The Hall–Kier alpha value is -4.21. The zero-order chi connectivity index (χ0) is 28.2. The van der Waals surface area contributed by atoms with E-state index >= 15 is 0 Å². The van der Waals surface area contributed by atoms with Gasteiger partial charge in [-0.1, -0.05) is 82.3 Å². The maximum absolute atomic E-state index is 12.9. The Kier molecular flexibility index (Phi) is 8.14. The molecule has 0 fully saturated rings. The summed E-state index contributed by atoms with van der Waals surface area (Å²) in [6.45, 7) is 8.61. The molecule has 40 heavy (non-hydrogen) atoms. The van der Waals surface area contributed by atoms with Crippen molar-refractivity contribution < 1.29 is 9.59 Å². The lowest BCUT2D eigenvalue weighted by atomic mass is 10.0. The topological polar surface area (TPSA) is 96.9 Å².